The maximum atomic E-state index is 6.26. The first-order valence-electron chi connectivity index (χ1n) is 9.60. The smallest absolute Gasteiger partial charge is 0.0685 e. The van der Waals surface area contributed by atoms with Gasteiger partial charge in [-0.25, -0.2) is 0 Å². The van der Waals surface area contributed by atoms with E-state index < -0.39 is 0 Å². The molecule has 0 aromatic heterocycles. The van der Waals surface area contributed by atoms with Gasteiger partial charge in [0.05, 0.1) is 5.60 Å². The van der Waals surface area contributed by atoms with Gasteiger partial charge in [-0.05, 0) is 62.8 Å². The lowest BCUT2D eigenvalue weighted by Gasteiger charge is -2.45. The number of rotatable bonds is 4. The average Bonchev–Trinajstić information content (AvgIpc) is 2.94. The molecule has 122 valence electrons. The Morgan fingerprint density at radius 3 is 2.43 bits per heavy atom. The van der Waals surface area contributed by atoms with Crippen molar-refractivity contribution in [3.8, 4) is 0 Å². The maximum Gasteiger partial charge on any atom is 0.0685 e. The predicted molar refractivity (Wildman–Crippen MR) is 88.5 cm³/mol. The zero-order valence-corrected chi connectivity index (χ0v) is 14.2. The van der Waals surface area contributed by atoms with Crippen LogP contribution < -0.4 is 5.32 Å². The number of hydrogen-bond acceptors (Lipinski definition) is 2. The molecule has 3 rings (SSSR count). The Bertz CT molecular complexity index is 316. The van der Waals surface area contributed by atoms with E-state index in [-0.39, 0.29) is 5.60 Å². The Morgan fingerprint density at radius 2 is 1.76 bits per heavy atom. The monoisotopic (exact) mass is 293 g/mol. The fourth-order valence-corrected chi connectivity index (χ4v) is 5.34. The van der Waals surface area contributed by atoms with E-state index in [9.17, 15) is 0 Å². The van der Waals surface area contributed by atoms with Crippen LogP contribution >= 0.6 is 0 Å². The summed E-state index contributed by atoms with van der Waals surface area (Å²) in [5.41, 5.74) is 0.276. The molecule has 3 aliphatic rings. The zero-order valence-electron chi connectivity index (χ0n) is 14.2. The zero-order chi connectivity index (χ0) is 14.7. The van der Waals surface area contributed by atoms with E-state index in [1.165, 1.54) is 64.2 Å². The van der Waals surface area contributed by atoms with Crippen molar-refractivity contribution in [1.29, 1.82) is 0 Å². The summed E-state index contributed by atoms with van der Waals surface area (Å²) >= 11 is 0. The minimum atomic E-state index is 0.276. The first-order valence-corrected chi connectivity index (χ1v) is 9.60. The lowest BCUT2D eigenvalue weighted by Crippen LogP contribution is -2.49. The van der Waals surface area contributed by atoms with Gasteiger partial charge in [-0.3, -0.25) is 0 Å². The molecular weight excluding hydrogens is 258 g/mol. The van der Waals surface area contributed by atoms with Gasteiger partial charge >= 0.3 is 0 Å². The van der Waals surface area contributed by atoms with Crippen molar-refractivity contribution in [3.63, 3.8) is 0 Å². The average molecular weight is 293 g/mol. The molecule has 2 heteroatoms. The molecule has 2 atom stereocenters. The summed E-state index contributed by atoms with van der Waals surface area (Å²) < 4.78 is 6.26. The van der Waals surface area contributed by atoms with Crippen LogP contribution in [0.4, 0.5) is 0 Å². The lowest BCUT2D eigenvalue weighted by atomic mass is 9.71. The van der Waals surface area contributed by atoms with Crippen molar-refractivity contribution in [3.05, 3.63) is 0 Å². The summed E-state index contributed by atoms with van der Waals surface area (Å²) in [6, 6.07) is 0.754. The molecule has 1 N–H and O–H groups in total. The quantitative estimate of drug-likeness (QED) is 0.822. The van der Waals surface area contributed by atoms with Crippen LogP contribution in [0.3, 0.4) is 0 Å². The summed E-state index contributed by atoms with van der Waals surface area (Å²) in [4.78, 5) is 0. The van der Waals surface area contributed by atoms with Crippen molar-refractivity contribution in [2.24, 2.45) is 17.8 Å². The molecule has 2 nitrogen and oxygen atoms in total. The van der Waals surface area contributed by atoms with Crippen LogP contribution in [0.25, 0.3) is 0 Å². The largest absolute Gasteiger partial charge is 0.375 e. The van der Waals surface area contributed by atoms with Gasteiger partial charge in [-0.1, -0.05) is 39.5 Å². The summed E-state index contributed by atoms with van der Waals surface area (Å²) in [6.45, 7) is 6.85. The van der Waals surface area contributed by atoms with Gasteiger partial charge in [0.2, 0.25) is 0 Å². The highest BCUT2D eigenvalue weighted by Crippen LogP contribution is 2.45. The second-order valence-corrected chi connectivity index (χ2v) is 8.09. The Balaban J connectivity index is 1.65. The molecule has 2 saturated carbocycles. The molecule has 0 aromatic rings. The van der Waals surface area contributed by atoms with Crippen molar-refractivity contribution in [2.45, 2.75) is 89.7 Å². The second-order valence-electron chi connectivity index (χ2n) is 8.09. The highest BCUT2D eigenvalue weighted by Gasteiger charge is 2.43. The molecule has 0 bridgehead atoms. The third kappa shape index (κ3) is 3.64. The molecule has 3 fully saturated rings. The fourth-order valence-electron chi connectivity index (χ4n) is 5.34. The maximum absolute atomic E-state index is 6.26. The Hall–Kier alpha value is -0.0800. The summed E-state index contributed by atoms with van der Waals surface area (Å²) in [6.07, 6.45) is 13.8. The van der Waals surface area contributed by atoms with Gasteiger partial charge in [-0.2, -0.15) is 0 Å². The van der Waals surface area contributed by atoms with E-state index >= 15 is 0 Å². The van der Waals surface area contributed by atoms with Gasteiger partial charge in [-0.15, -0.1) is 0 Å². The lowest BCUT2D eigenvalue weighted by molar-refractivity contribution is -0.102. The Kier molecular flexibility index (Phi) is 5.27. The van der Waals surface area contributed by atoms with Gasteiger partial charge in [0.1, 0.15) is 0 Å². The van der Waals surface area contributed by atoms with Crippen LogP contribution in [0.5, 0.6) is 0 Å². The molecule has 21 heavy (non-hydrogen) atoms. The summed E-state index contributed by atoms with van der Waals surface area (Å²) in [5.74, 6) is 2.73. The SMILES string of the molecule is CCNC(C1CCC(C)CC1)C1CCOC2(CCCC2)C1. The van der Waals surface area contributed by atoms with Crippen LogP contribution in [0.1, 0.15) is 78.1 Å². The number of nitrogens with one attached hydrogen (secondary N) is 1. The van der Waals surface area contributed by atoms with Gasteiger partial charge in [0, 0.05) is 12.6 Å². The molecule has 0 radical (unpaired) electrons. The molecule has 0 amide bonds. The van der Waals surface area contributed by atoms with Crippen LogP contribution in [-0.4, -0.2) is 24.8 Å². The van der Waals surface area contributed by atoms with Crippen molar-refractivity contribution < 1.29 is 4.74 Å². The normalized spacial score (nSPS) is 37.7. The highest BCUT2D eigenvalue weighted by molar-refractivity contribution is 4.96. The molecule has 1 spiro atoms. The second kappa shape index (κ2) is 7.00. The van der Waals surface area contributed by atoms with Crippen molar-refractivity contribution in [2.75, 3.05) is 13.2 Å². The Morgan fingerprint density at radius 1 is 1.05 bits per heavy atom. The van der Waals surface area contributed by atoms with E-state index in [0.717, 1.165) is 36.9 Å². The minimum absolute atomic E-state index is 0.276. The third-order valence-corrected chi connectivity index (χ3v) is 6.56. The molecule has 2 aliphatic carbocycles. The molecular formula is C19H35NO. The summed E-state index contributed by atoms with van der Waals surface area (Å²) in [5, 5.41) is 3.89. The third-order valence-electron chi connectivity index (χ3n) is 6.56. The van der Waals surface area contributed by atoms with Crippen molar-refractivity contribution in [1.82, 2.24) is 5.32 Å². The fraction of sp³-hybridized carbons (Fsp3) is 1.00. The molecule has 1 aliphatic heterocycles. The number of ether oxygens (including phenoxy) is 1. The van der Waals surface area contributed by atoms with Gasteiger partial charge in [0.25, 0.3) is 0 Å². The van der Waals surface area contributed by atoms with E-state index in [1.807, 2.05) is 0 Å². The molecule has 1 saturated heterocycles. The van der Waals surface area contributed by atoms with Crippen molar-refractivity contribution >= 4 is 0 Å². The highest BCUT2D eigenvalue weighted by atomic mass is 16.5. The van der Waals surface area contributed by atoms with Crippen LogP contribution in [0.2, 0.25) is 0 Å². The topological polar surface area (TPSA) is 21.3 Å². The first kappa shape index (κ1) is 15.8. The minimum Gasteiger partial charge on any atom is -0.375 e. The standard InChI is InChI=1S/C19H35NO/c1-3-20-18(16-8-6-15(2)7-9-16)17-10-13-21-19(14-17)11-4-5-12-19/h15-18,20H,3-14H2,1-2H3. The van der Waals surface area contributed by atoms with E-state index in [4.69, 9.17) is 4.74 Å². The van der Waals surface area contributed by atoms with Crippen LogP contribution in [0.15, 0.2) is 0 Å². The summed E-state index contributed by atoms with van der Waals surface area (Å²) in [7, 11) is 0. The first-order chi connectivity index (χ1) is 10.2. The molecule has 1 heterocycles. The molecule has 0 aromatic carbocycles. The van der Waals surface area contributed by atoms with Gasteiger partial charge < -0.3 is 10.1 Å². The van der Waals surface area contributed by atoms with E-state index in [1.54, 1.807) is 0 Å². The van der Waals surface area contributed by atoms with Crippen LogP contribution in [0, 0.1) is 17.8 Å². The molecule has 2 unspecified atom stereocenters. The van der Waals surface area contributed by atoms with E-state index in [0.29, 0.717) is 0 Å². The Labute approximate surface area is 131 Å². The predicted octanol–water partition coefficient (Wildman–Crippen LogP) is 4.53. The van der Waals surface area contributed by atoms with E-state index in [2.05, 4.69) is 19.2 Å². The van der Waals surface area contributed by atoms with Gasteiger partial charge in [0.15, 0.2) is 0 Å². The van der Waals surface area contributed by atoms with Crippen LogP contribution in [-0.2, 0) is 4.74 Å². The number of hydrogen-bond donors (Lipinski definition) is 1.